The highest BCUT2D eigenvalue weighted by Gasteiger charge is 2.24. The number of rotatable bonds is 3. The minimum atomic E-state index is 0.573. The number of aromatic nitrogens is 3. The lowest BCUT2D eigenvalue weighted by atomic mass is 10.0. The number of para-hydroxylation sites is 3. The first-order valence-electron chi connectivity index (χ1n) is 16.1. The molecule has 7 aromatic carbocycles. The van der Waals surface area contributed by atoms with Crippen LogP contribution in [0.1, 0.15) is 0 Å². The van der Waals surface area contributed by atoms with Gasteiger partial charge in [0.15, 0.2) is 5.58 Å². The molecule has 0 aliphatic rings. The Morgan fingerprint density at radius 1 is 0.500 bits per heavy atom. The van der Waals surface area contributed by atoms with E-state index in [0.29, 0.717) is 6.01 Å². The van der Waals surface area contributed by atoms with Crippen molar-refractivity contribution in [3.8, 4) is 22.8 Å². The third-order valence-corrected chi connectivity index (χ3v) is 11.0. The van der Waals surface area contributed by atoms with Crippen LogP contribution in [-0.2, 0) is 0 Å². The first-order chi connectivity index (χ1) is 23.8. The second kappa shape index (κ2) is 9.67. The normalized spacial score (nSPS) is 12.2. The predicted octanol–water partition coefficient (Wildman–Crippen LogP) is 12.1. The molecule has 0 saturated carbocycles. The van der Waals surface area contributed by atoms with Gasteiger partial charge in [0.05, 0.1) is 22.1 Å². The molecule has 11 aromatic rings. The summed E-state index contributed by atoms with van der Waals surface area (Å²) in [5, 5.41) is 7.19. The van der Waals surface area contributed by atoms with Crippen LogP contribution in [0.5, 0.6) is 0 Å². The molecule has 0 aliphatic heterocycles. The maximum atomic E-state index is 6.84. The Balaban J connectivity index is 1.27. The summed E-state index contributed by atoms with van der Waals surface area (Å²) < 4.78 is 13.9. The lowest BCUT2D eigenvalue weighted by molar-refractivity contribution is 0.574. The van der Waals surface area contributed by atoms with Crippen LogP contribution in [0.15, 0.2) is 156 Å². The summed E-state index contributed by atoms with van der Waals surface area (Å²) in [7, 11) is 0. The van der Waals surface area contributed by atoms with Gasteiger partial charge in [0.25, 0.3) is 0 Å². The molecule has 0 bridgehead atoms. The van der Waals surface area contributed by atoms with Crippen molar-refractivity contribution in [1.29, 1.82) is 0 Å². The largest absolute Gasteiger partial charge is 0.423 e. The van der Waals surface area contributed by atoms with Crippen LogP contribution in [0, 0.1) is 0 Å². The summed E-state index contributed by atoms with van der Waals surface area (Å²) in [6.07, 6.45) is 0. The Bertz CT molecular complexity index is 3050. The lowest BCUT2D eigenvalue weighted by Gasteiger charge is -2.07. The molecule has 0 unspecified atom stereocenters. The number of nitrogens with zero attached hydrogens (tertiary/aromatic N) is 3. The van der Waals surface area contributed by atoms with Crippen molar-refractivity contribution in [2.75, 3.05) is 0 Å². The van der Waals surface area contributed by atoms with Crippen molar-refractivity contribution in [3.63, 3.8) is 0 Å². The van der Waals surface area contributed by atoms with Gasteiger partial charge in [-0.1, -0.05) is 103 Å². The quantitative estimate of drug-likeness (QED) is 0.194. The Kier molecular flexibility index (Phi) is 5.23. The molecular weight excluding hydrogens is 607 g/mol. The number of oxazole rings is 1. The van der Waals surface area contributed by atoms with Crippen molar-refractivity contribution in [1.82, 2.24) is 14.1 Å². The molecule has 0 aliphatic carbocycles. The molecule has 4 nitrogen and oxygen atoms in total. The minimum absolute atomic E-state index is 0.573. The van der Waals surface area contributed by atoms with Gasteiger partial charge in [-0.3, -0.25) is 4.57 Å². The molecule has 0 spiro atoms. The molecule has 5 heteroatoms. The van der Waals surface area contributed by atoms with E-state index in [0.717, 1.165) is 33.2 Å². The second-order valence-electron chi connectivity index (χ2n) is 12.3. The molecular formula is C43H25N3OS. The standard InChI is InChI=1S/C43H25N3OS/c1-3-13-26(14-4-1)31-25-36-41(40-30-19-9-12-22-37(30)48-42(31)40)44-43(47-36)46-33-21-11-8-18-29(33)39-35(46)24-23-34-38(39)28-17-7-10-20-32(28)45(34)27-15-5-2-6-16-27/h1-25H. The molecule has 0 saturated heterocycles. The third-order valence-electron chi connectivity index (χ3n) is 9.76. The van der Waals surface area contributed by atoms with E-state index in [1.54, 1.807) is 0 Å². The number of hydrogen-bond acceptors (Lipinski definition) is 3. The van der Waals surface area contributed by atoms with Crippen LogP contribution in [0.2, 0.25) is 0 Å². The molecule has 0 radical (unpaired) electrons. The number of benzene rings is 7. The lowest BCUT2D eigenvalue weighted by Crippen LogP contribution is -1.94. The Morgan fingerprint density at radius 2 is 1.08 bits per heavy atom. The van der Waals surface area contributed by atoms with E-state index < -0.39 is 0 Å². The Labute approximate surface area is 278 Å². The highest BCUT2D eigenvalue weighted by molar-refractivity contribution is 7.26. The van der Waals surface area contributed by atoms with Gasteiger partial charge in [0.2, 0.25) is 0 Å². The number of thiophene rings is 1. The van der Waals surface area contributed by atoms with Gasteiger partial charge in [0, 0.05) is 53.0 Å². The molecule has 0 atom stereocenters. The zero-order chi connectivity index (χ0) is 31.3. The van der Waals surface area contributed by atoms with Crippen molar-refractivity contribution < 1.29 is 4.42 Å². The fourth-order valence-corrected chi connectivity index (χ4v) is 9.01. The van der Waals surface area contributed by atoms with E-state index in [9.17, 15) is 0 Å². The zero-order valence-electron chi connectivity index (χ0n) is 25.6. The minimum Gasteiger partial charge on any atom is -0.423 e. The van der Waals surface area contributed by atoms with Gasteiger partial charge in [-0.25, -0.2) is 0 Å². The summed E-state index contributed by atoms with van der Waals surface area (Å²) in [6.45, 7) is 0. The van der Waals surface area contributed by atoms with Gasteiger partial charge in [-0.05, 0) is 54.1 Å². The van der Waals surface area contributed by atoms with Crippen LogP contribution < -0.4 is 0 Å². The Hall–Kier alpha value is -6.17. The average Bonchev–Trinajstić information content (AvgIpc) is 3.90. The molecule has 4 heterocycles. The third kappa shape index (κ3) is 3.46. The molecule has 4 aromatic heterocycles. The maximum absolute atomic E-state index is 6.84. The monoisotopic (exact) mass is 631 g/mol. The van der Waals surface area contributed by atoms with E-state index in [-0.39, 0.29) is 0 Å². The highest BCUT2D eigenvalue weighted by Crippen LogP contribution is 2.46. The van der Waals surface area contributed by atoms with Gasteiger partial charge in [-0.2, -0.15) is 4.98 Å². The van der Waals surface area contributed by atoms with E-state index in [4.69, 9.17) is 9.40 Å². The first kappa shape index (κ1) is 26.0. The summed E-state index contributed by atoms with van der Waals surface area (Å²) in [6, 6.07) is 54.4. The highest BCUT2D eigenvalue weighted by atomic mass is 32.1. The average molecular weight is 632 g/mol. The first-order valence-corrected chi connectivity index (χ1v) is 17.0. The summed E-state index contributed by atoms with van der Waals surface area (Å²) >= 11 is 1.82. The maximum Gasteiger partial charge on any atom is 0.307 e. The van der Waals surface area contributed by atoms with Gasteiger partial charge < -0.3 is 8.98 Å². The fraction of sp³-hybridized carbons (Fsp3) is 0. The zero-order valence-corrected chi connectivity index (χ0v) is 26.4. The molecule has 11 rings (SSSR count). The van der Waals surface area contributed by atoms with Crippen LogP contribution >= 0.6 is 11.3 Å². The topological polar surface area (TPSA) is 35.9 Å². The van der Waals surface area contributed by atoms with Gasteiger partial charge in [0.1, 0.15) is 5.52 Å². The molecule has 0 fully saturated rings. The van der Waals surface area contributed by atoms with Crippen molar-refractivity contribution >= 4 is 86.2 Å². The summed E-state index contributed by atoms with van der Waals surface area (Å²) in [4.78, 5) is 5.33. The van der Waals surface area contributed by atoms with Crippen molar-refractivity contribution in [2.45, 2.75) is 0 Å². The number of fused-ring (bicyclic) bond motifs is 12. The molecule has 0 amide bonds. The summed E-state index contributed by atoms with van der Waals surface area (Å²) in [5.74, 6) is 0. The van der Waals surface area contributed by atoms with Crippen molar-refractivity contribution in [3.05, 3.63) is 152 Å². The fourth-order valence-electron chi connectivity index (χ4n) is 7.77. The van der Waals surface area contributed by atoms with Gasteiger partial charge in [-0.15, -0.1) is 11.3 Å². The van der Waals surface area contributed by atoms with Crippen LogP contribution in [0.25, 0.3) is 97.7 Å². The van der Waals surface area contributed by atoms with Crippen molar-refractivity contribution in [2.24, 2.45) is 0 Å². The van der Waals surface area contributed by atoms with Gasteiger partial charge >= 0.3 is 6.01 Å². The molecule has 0 N–H and O–H groups in total. The van der Waals surface area contributed by atoms with Crippen LogP contribution in [0.4, 0.5) is 0 Å². The Morgan fingerprint density at radius 3 is 1.81 bits per heavy atom. The number of hydrogen-bond donors (Lipinski definition) is 0. The predicted molar refractivity (Wildman–Crippen MR) is 201 cm³/mol. The smallest absolute Gasteiger partial charge is 0.307 e. The van der Waals surface area contributed by atoms with E-state index in [1.807, 2.05) is 11.3 Å². The van der Waals surface area contributed by atoms with E-state index in [2.05, 4.69) is 161 Å². The molecule has 48 heavy (non-hydrogen) atoms. The van der Waals surface area contributed by atoms with E-state index >= 15 is 0 Å². The van der Waals surface area contributed by atoms with E-state index in [1.165, 1.54) is 58.5 Å². The second-order valence-corrected chi connectivity index (χ2v) is 13.4. The van der Waals surface area contributed by atoms with Crippen LogP contribution in [0.3, 0.4) is 0 Å². The molecule has 224 valence electrons. The van der Waals surface area contributed by atoms with Crippen LogP contribution in [-0.4, -0.2) is 14.1 Å². The summed E-state index contributed by atoms with van der Waals surface area (Å²) in [5.41, 5.74) is 9.66. The SMILES string of the molecule is c1ccc(-c2cc3oc(-n4c5ccccc5c5c6c7ccccc7n(-c7ccccc7)c6ccc54)nc3c3c2sc2ccccc23)cc1.